The van der Waals surface area contributed by atoms with Gasteiger partial charge in [-0.2, -0.15) is 8.78 Å². The molecule has 1 amide bonds. The van der Waals surface area contributed by atoms with Crippen LogP contribution < -0.4 is 5.32 Å². The molecule has 0 spiro atoms. The first-order chi connectivity index (χ1) is 9.79. The molecule has 1 atom stereocenters. The van der Waals surface area contributed by atoms with Crippen molar-refractivity contribution in [2.24, 2.45) is 0 Å². The average Bonchev–Trinajstić information content (AvgIpc) is 2.83. The summed E-state index contributed by atoms with van der Waals surface area (Å²) in [5.74, 6) is -6.73. The van der Waals surface area contributed by atoms with E-state index in [1.807, 2.05) is 5.32 Å². The van der Waals surface area contributed by atoms with Gasteiger partial charge in [0.15, 0.2) is 5.76 Å². The van der Waals surface area contributed by atoms with Gasteiger partial charge in [-0.3, -0.25) is 9.59 Å². The van der Waals surface area contributed by atoms with E-state index in [2.05, 4.69) is 0 Å². The molecule has 0 saturated heterocycles. The predicted molar refractivity (Wildman–Crippen MR) is 67.1 cm³/mol. The molecule has 0 saturated carbocycles. The fourth-order valence-corrected chi connectivity index (χ4v) is 1.77. The topological polar surface area (TPSA) is 117 Å². The highest BCUT2D eigenvalue weighted by Crippen LogP contribution is 2.21. The number of carbonyl (C=O) groups excluding carboxylic acids is 1. The van der Waals surface area contributed by atoms with Crippen LogP contribution in [0.15, 0.2) is 16.5 Å². The van der Waals surface area contributed by atoms with Gasteiger partial charge in [0.2, 0.25) is 0 Å². The number of aliphatic carboxylic acids is 2. The molecule has 1 rings (SSSR count). The first-order valence-corrected chi connectivity index (χ1v) is 6.58. The first-order valence-electron chi connectivity index (χ1n) is 5.53. The van der Waals surface area contributed by atoms with Crippen LogP contribution in [0.1, 0.15) is 22.7 Å². The number of carbonyl (C=O) groups is 3. The fourth-order valence-electron chi connectivity index (χ4n) is 1.33. The van der Waals surface area contributed by atoms with E-state index in [-0.39, 0.29) is 17.3 Å². The Morgan fingerprint density at radius 3 is 2.48 bits per heavy atom. The van der Waals surface area contributed by atoms with Crippen molar-refractivity contribution < 1.29 is 37.8 Å². The Morgan fingerprint density at radius 2 is 1.95 bits per heavy atom. The molecule has 1 aromatic heterocycles. The Kier molecular flexibility index (Phi) is 6.15. The highest BCUT2D eigenvalue weighted by atomic mass is 32.2. The van der Waals surface area contributed by atoms with Gasteiger partial charge in [-0.1, -0.05) is 11.8 Å². The second-order valence-corrected chi connectivity index (χ2v) is 4.78. The predicted octanol–water partition coefficient (Wildman–Crippen LogP) is 1.39. The third kappa shape index (κ3) is 5.81. The maximum absolute atomic E-state index is 12.0. The Morgan fingerprint density at radius 1 is 1.29 bits per heavy atom. The average molecular weight is 323 g/mol. The summed E-state index contributed by atoms with van der Waals surface area (Å²) < 4.78 is 29.0. The molecule has 116 valence electrons. The standard InChI is InChI=1S/C11H11F2NO6S/c12-11(13)21-4-5-1-2-7(20-5)9(17)14-6(10(18)19)3-8(15)16/h1-2,6,11H,3-4H2,(H,14,17)(H,15,16)(H,18,19)/t6-/m1/s1. The van der Waals surface area contributed by atoms with E-state index in [9.17, 15) is 23.2 Å². The molecule has 0 aliphatic rings. The summed E-state index contributed by atoms with van der Waals surface area (Å²) in [4.78, 5) is 32.9. The van der Waals surface area contributed by atoms with Crippen molar-refractivity contribution in [3.05, 3.63) is 23.7 Å². The summed E-state index contributed by atoms with van der Waals surface area (Å²) in [6.07, 6.45) is -0.796. The normalized spacial score (nSPS) is 12.1. The van der Waals surface area contributed by atoms with E-state index >= 15 is 0 Å². The summed E-state index contributed by atoms with van der Waals surface area (Å²) in [5, 5.41) is 19.3. The van der Waals surface area contributed by atoms with Crippen molar-refractivity contribution in [3.63, 3.8) is 0 Å². The van der Waals surface area contributed by atoms with Crippen molar-refractivity contribution in [1.82, 2.24) is 5.32 Å². The van der Waals surface area contributed by atoms with Gasteiger partial charge in [-0.25, -0.2) is 4.79 Å². The zero-order valence-corrected chi connectivity index (χ0v) is 11.2. The van der Waals surface area contributed by atoms with Crippen molar-refractivity contribution in [3.8, 4) is 0 Å². The smallest absolute Gasteiger partial charge is 0.326 e. The quantitative estimate of drug-likeness (QED) is 0.662. The zero-order chi connectivity index (χ0) is 16.0. The molecule has 0 aromatic carbocycles. The number of thioether (sulfide) groups is 1. The van der Waals surface area contributed by atoms with Gasteiger partial charge in [0, 0.05) is 0 Å². The number of alkyl halides is 2. The van der Waals surface area contributed by atoms with Gasteiger partial charge in [0.25, 0.3) is 11.7 Å². The van der Waals surface area contributed by atoms with Gasteiger partial charge in [0.05, 0.1) is 12.2 Å². The van der Waals surface area contributed by atoms with Crippen LogP contribution in [0.2, 0.25) is 0 Å². The molecule has 21 heavy (non-hydrogen) atoms. The molecule has 0 aliphatic heterocycles. The highest BCUT2D eigenvalue weighted by Gasteiger charge is 2.24. The molecule has 0 unspecified atom stereocenters. The summed E-state index contributed by atoms with van der Waals surface area (Å²) in [6, 6.07) is 0.882. The van der Waals surface area contributed by atoms with Gasteiger partial charge < -0.3 is 19.9 Å². The lowest BCUT2D eigenvalue weighted by atomic mass is 10.2. The van der Waals surface area contributed by atoms with Crippen molar-refractivity contribution >= 4 is 29.6 Å². The Balaban J connectivity index is 2.65. The number of amides is 1. The molecule has 3 N–H and O–H groups in total. The Labute approximate surface area is 121 Å². The third-order valence-electron chi connectivity index (χ3n) is 2.22. The number of hydrogen-bond acceptors (Lipinski definition) is 5. The van der Waals surface area contributed by atoms with Crippen molar-refractivity contribution in [1.29, 1.82) is 0 Å². The summed E-state index contributed by atoms with van der Waals surface area (Å²) in [5.41, 5.74) is 0. The molecule has 0 bridgehead atoms. The second-order valence-electron chi connectivity index (χ2n) is 3.80. The van der Waals surface area contributed by atoms with Crippen LogP contribution in [-0.4, -0.2) is 39.9 Å². The van der Waals surface area contributed by atoms with Crippen molar-refractivity contribution in [2.75, 3.05) is 0 Å². The lowest BCUT2D eigenvalue weighted by molar-refractivity contribution is -0.145. The number of hydrogen-bond donors (Lipinski definition) is 3. The molecule has 1 aromatic rings. The number of nitrogens with one attached hydrogen (secondary N) is 1. The van der Waals surface area contributed by atoms with Gasteiger partial charge in [-0.15, -0.1) is 0 Å². The van der Waals surface area contributed by atoms with E-state index in [0.717, 1.165) is 0 Å². The van der Waals surface area contributed by atoms with Crippen LogP contribution in [-0.2, 0) is 15.3 Å². The number of rotatable bonds is 8. The number of carboxylic acids is 2. The minimum absolute atomic E-state index is 0.121. The summed E-state index contributed by atoms with van der Waals surface area (Å²) >= 11 is 0.306. The maximum atomic E-state index is 12.0. The first kappa shape index (κ1) is 17.0. The molecule has 0 aliphatic carbocycles. The van der Waals surface area contributed by atoms with E-state index in [4.69, 9.17) is 14.6 Å². The summed E-state index contributed by atoms with van der Waals surface area (Å²) in [6.45, 7) is 0. The van der Waals surface area contributed by atoms with Crippen LogP contribution in [0.4, 0.5) is 8.78 Å². The molecule has 10 heteroatoms. The molecule has 1 heterocycles. The van der Waals surface area contributed by atoms with Crippen LogP contribution in [0.3, 0.4) is 0 Å². The maximum Gasteiger partial charge on any atom is 0.326 e. The fraction of sp³-hybridized carbons (Fsp3) is 0.364. The van der Waals surface area contributed by atoms with Crippen LogP contribution in [0, 0.1) is 0 Å². The van der Waals surface area contributed by atoms with Crippen molar-refractivity contribution in [2.45, 2.75) is 24.0 Å². The van der Waals surface area contributed by atoms with Gasteiger partial charge in [-0.05, 0) is 12.1 Å². The minimum atomic E-state index is -2.58. The zero-order valence-electron chi connectivity index (χ0n) is 10.4. The monoisotopic (exact) mass is 323 g/mol. The summed E-state index contributed by atoms with van der Waals surface area (Å²) in [7, 11) is 0. The number of halogens is 2. The number of furan rings is 1. The molecule has 7 nitrogen and oxygen atoms in total. The highest BCUT2D eigenvalue weighted by molar-refractivity contribution is 7.98. The molecular weight excluding hydrogens is 312 g/mol. The van der Waals surface area contributed by atoms with Crippen LogP contribution in [0.25, 0.3) is 0 Å². The van der Waals surface area contributed by atoms with E-state index < -0.39 is 36.1 Å². The second kappa shape index (κ2) is 7.62. The lowest BCUT2D eigenvalue weighted by Crippen LogP contribution is -2.42. The minimum Gasteiger partial charge on any atom is -0.481 e. The lowest BCUT2D eigenvalue weighted by Gasteiger charge is -2.10. The van der Waals surface area contributed by atoms with Crippen LogP contribution >= 0.6 is 11.8 Å². The molecular formula is C11H11F2NO6S. The number of carboxylic acid groups (broad SMARTS) is 2. The van der Waals surface area contributed by atoms with Gasteiger partial charge in [0.1, 0.15) is 11.8 Å². The molecule has 0 fully saturated rings. The SMILES string of the molecule is O=C(O)C[C@@H](NC(=O)c1ccc(CSC(F)F)o1)C(=O)O. The van der Waals surface area contributed by atoms with Crippen LogP contribution in [0.5, 0.6) is 0 Å². The largest absolute Gasteiger partial charge is 0.481 e. The Hall–Kier alpha value is -2.10. The molecule has 0 radical (unpaired) electrons. The Bertz CT molecular complexity index is 533. The van der Waals surface area contributed by atoms with E-state index in [1.54, 1.807) is 0 Å². The third-order valence-corrected chi connectivity index (χ3v) is 2.92. The van der Waals surface area contributed by atoms with E-state index in [1.165, 1.54) is 12.1 Å². The van der Waals surface area contributed by atoms with Gasteiger partial charge >= 0.3 is 11.9 Å². The van der Waals surface area contributed by atoms with E-state index in [0.29, 0.717) is 11.8 Å².